The first-order valence-electron chi connectivity index (χ1n) is 8.92. The first kappa shape index (κ1) is 23.8. The van der Waals surface area contributed by atoms with Gasteiger partial charge in [0, 0.05) is 17.8 Å². The molecule has 3 rings (SSSR count). The Balaban J connectivity index is 1.91. The number of nitro benzene ring substituents is 3. The molecule has 0 heterocycles. The Morgan fingerprint density at radius 1 is 0.735 bits per heavy atom. The van der Waals surface area contributed by atoms with Crippen molar-refractivity contribution in [3.63, 3.8) is 0 Å². The van der Waals surface area contributed by atoms with Crippen molar-refractivity contribution in [2.24, 2.45) is 10.2 Å². The highest BCUT2D eigenvalue weighted by Crippen LogP contribution is 2.36. The number of rotatable bonds is 8. The van der Waals surface area contributed by atoms with Crippen molar-refractivity contribution in [1.82, 2.24) is 0 Å². The van der Waals surface area contributed by atoms with Crippen LogP contribution in [0.3, 0.4) is 0 Å². The van der Waals surface area contributed by atoms with Crippen molar-refractivity contribution < 1.29 is 27.7 Å². The fraction of sp³-hybridized carbons (Fsp3) is 0. The minimum absolute atomic E-state index is 0.0626. The van der Waals surface area contributed by atoms with E-state index in [1.54, 1.807) is 0 Å². The third kappa shape index (κ3) is 5.50. The molecule has 0 atom stereocenters. The number of non-ortho nitro benzene ring substituents is 1. The van der Waals surface area contributed by atoms with E-state index in [4.69, 9.17) is 0 Å². The molecule has 0 unspecified atom stereocenters. The number of benzene rings is 3. The highest BCUT2D eigenvalue weighted by Gasteiger charge is 2.21. The van der Waals surface area contributed by atoms with Gasteiger partial charge in [0.15, 0.2) is 5.69 Å². The molecule has 0 aliphatic heterocycles. The second kappa shape index (κ2) is 9.35. The lowest BCUT2D eigenvalue weighted by molar-refractivity contribution is -0.393. The summed E-state index contributed by atoms with van der Waals surface area (Å²) in [4.78, 5) is 30.7. The molecule has 0 amide bonds. The minimum atomic E-state index is -4.64. The van der Waals surface area contributed by atoms with E-state index in [2.05, 4.69) is 15.5 Å². The average molecular weight is 487 g/mol. The molecule has 0 radical (unpaired) electrons. The van der Waals surface area contributed by atoms with E-state index in [0.29, 0.717) is 0 Å². The van der Waals surface area contributed by atoms with E-state index >= 15 is 0 Å². The van der Waals surface area contributed by atoms with Gasteiger partial charge in [-0.3, -0.25) is 30.3 Å². The third-order valence-corrected chi connectivity index (χ3v) is 5.09. The van der Waals surface area contributed by atoms with Crippen LogP contribution in [-0.4, -0.2) is 27.7 Å². The topological polar surface area (TPSA) is 223 Å². The number of azo groups is 1. The molecule has 3 aromatic rings. The van der Waals surface area contributed by atoms with Crippen molar-refractivity contribution >= 4 is 49.9 Å². The van der Waals surface area contributed by atoms with Crippen LogP contribution < -0.4 is 5.32 Å². The molecule has 0 spiro atoms. The van der Waals surface area contributed by atoms with Crippen LogP contribution in [0.4, 0.5) is 39.8 Å². The number of hydrogen-bond acceptors (Lipinski definition) is 12. The molecule has 3 aromatic carbocycles. The van der Waals surface area contributed by atoms with Crippen molar-refractivity contribution in [2.45, 2.75) is 4.90 Å². The summed E-state index contributed by atoms with van der Waals surface area (Å²) in [7, 11) is -4.64. The predicted molar refractivity (Wildman–Crippen MR) is 115 cm³/mol. The molecule has 0 saturated heterocycles. The molecule has 174 valence electrons. The van der Waals surface area contributed by atoms with Gasteiger partial charge in [0.25, 0.3) is 17.1 Å². The molecule has 0 aliphatic rings. The lowest BCUT2D eigenvalue weighted by Crippen LogP contribution is -1.99. The molecular weight excluding hydrogens is 476 g/mol. The summed E-state index contributed by atoms with van der Waals surface area (Å²) < 4.78 is 32.9. The molecule has 15 nitrogen and oxygen atoms in total. The van der Waals surface area contributed by atoms with Crippen molar-refractivity contribution in [1.29, 1.82) is 0 Å². The van der Waals surface area contributed by atoms with Gasteiger partial charge in [0.1, 0.15) is 15.8 Å². The normalized spacial score (nSPS) is 11.3. The Labute approximate surface area is 189 Å². The Bertz CT molecular complexity index is 1440. The van der Waals surface area contributed by atoms with Crippen LogP contribution >= 0.6 is 0 Å². The number of nitro groups is 3. The first-order chi connectivity index (χ1) is 16.0. The Kier molecular flexibility index (Phi) is 6.55. The molecule has 1 N–H and O–H groups in total. The third-order valence-electron chi connectivity index (χ3n) is 4.24. The zero-order valence-electron chi connectivity index (χ0n) is 16.6. The smallest absolute Gasteiger partial charge is 0.299 e. The number of nitrogens with one attached hydrogen (secondary N) is 1. The van der Waals surface area contributed by atoms with Gasteiger partial charge in [-0.2, -0.15) is 5.11 Å². The standard InChI is InChI=1S/C18H12N6O9S/c25-22(26)13-4-8-15(18(10-13)24(29)30)19-12-3-7-16(17(9-12)23(27)28)21-20-11-1-5-14(6-2-11)34(31,32)33/h1-10,19H,(H,31,32,33)/p-1. The lowest BCUT2D eigenvalue weighted by Gasteiger charge is -2.08. The van der Waals surface area contributed by atoms with E-state index in [9.17, 15) is 43.3 Å². The second-order valence-corrected chi connectivity index (χ2v) is 7.83. The number of nitrogens with zero attached hydrogens (tertiary/aromatic N) is 5. The maximum absolute atomic E-state index is 11.5. The maximum Gasteiger partial charge on any atom is 0.299 e. The van der Waals surface area contributed by atoms with E-state index in [1.165, 1.54) is 24.3 Å². The van der Waals surface area contributed by atoms with Gasteiger partial charge in [-0.05, 0) is 42.5 Å². The van der Waals surface area contributed by atoms with Crippen LogP contribution in [0.25, 0.3) is 0 Å². The van der Waals surface area contributed by atoms with E-state index in [0.717, 1.165) is 36.4 Å². The first-order valence-corrected chi connectivity index (χ1v) is 10.3. The molecule has 0 aromatic heterocycles. The van der Waals surface area contributed by atoms with Gasteiger partial charge in [0.05, 0.1) is 31.4 Å². The fourth-order valence-electron chi connectivity index (χ4n) is 2.67. The van der Waals surface area contributed by atoms with Gasteiger partial charge in [-0.15, -0.1) is 5.11 Å². The maximum atomic E-state index is 11.5. The molecule has 0 bridgehead atoms. The van der Waals surface area contributed by atoms with E-state index < -0.39 is 46.8 Å². The van der Waals surface area contributed by atoms with Crippen LogP contribution in [0.15, 0.2) is 75.8 Å². The summed E-state index contributed by atoms with van der Waals surface area (Å²) in [5.74, 6) is 0. The van der Waals surface area contributed by atoms with Gasteiger partial charge < -0.3 is 9.87 Å². The summed E-state index contributed by atoms with van der Waals surface area (Å²) in [6.45, 7) is 0. The Hall–Kier alpha value is -4.83. The van der Waals surface area contributed by atoms with Gasteiger partial charge in [-0.1, -0.05) is 0 Å². The van der Waals surface area contributed by atoms with Crippen LogP contribution in [0.2, 0.25) is 0 Å². The fourth-order valence-corrected chi connectivity index (χ4v) is 3.14. The Morgan fingerprint density at radius 3 is 1.94 bits per heavy atom. The number of hydrogen-bond donors (Lipinski definition) is 1. The largest absolute Gasteiger partial charge is 0.744 e. The van der Waals surface area contributed by atoms with E-state index in [1.807, 2.05) is 0 Å². The summed E-state index contributed by atoms with van der Waals surface area (Å²) >= 11 is 0. The van der Waals surface area contributed by atoms with Crippen molar-refractivity contribution in [2.75, 3.05) is 5.32 Å². The van der Waals surface area contributed by atoms with Crippen LogP contribution in [-0.2, 0) is 10.1 Å². The van der Waals surface area contributed by atoms with Crippen molar-refractivity contribution in [3.05, 3.63) is 91.0 Å². The SMILES string of the molecule is O=[N+]([O-])c1ccc(Nc2ccc(N=Nc3ccc(S(=O)(=O)[O-])cc3)c([N+](=O)[O-])c2)c([N+](=O)[O-])c1. The molecular formula is C18H11N6O9S-. The van der Waals surface area contributed by atoms with Gasteiger partial charge in [-0.25, -0.2) is 8.42 Å². The zero-order chi connectivity index (χ0) is 25.0. The molecule has 0 fully saturated rings. The monoisotopic (exact) mass is 487 g/mol. The van der Waals surface area contributed by atoms with Crippen LogP contribution in [0.5, 0.6) is 0 Å². The molecule has 0 saturated carbocycles. The Morgan fingerprint density at radius 2 is 1.38 bits per heavy atom. The van der Waals surface area contributed by atoms with Crippen LogP contribution in [0.1, 0.15) is 0 Å². The quantitative estimate of drug-likeness (QED) is 0.203. The summed E-state index contributed by atoms with van der Waals surface area (Å²) in [6.07, 6.45) is 0. The molecule has 16 heteroatoms. The van der Waals surface area contributed by atoms with E-state index in [-0.39, 0.29) is 22.7 Å². The average Bonchev–Trinajstić information content (AvgIpc) is 2.77. The molecule has 34 heavy (non-hydrogen) atoms. The minimum Gasteiger partial charge on any atom is -0.744 e. The van der Waals surface area contributed by atoms with Gasteiger partial charge in [0.2, 0.25) is 0 Å². The second-order valence-electron chi connectivity index (χ2n) is 6.45. The van der Waals surface area contributed by atoms with Crippen LogP contribution in [0, 0.1) is 30.3 Å². The highest BCUT2D eigenvalue weighted by atomic mass is 32.2. The summed E-state index contributed by atoms with van der Waals surface area (Å²) in [6, 6.07) is 10.8. The lowest BCUT2D eigenvalue weighted by atomic mass is 10.2. The zero-order valence-corrected chi connectivity index (χ0v) is 17.4. The van der Waals surface area contributed by atoms with Crippen molar-refractivity contribution in [3.8, 4) is 0 Å². The van der Waals surface area contributed by atoms with Gasteiger partial charge >= 0.3 is 0 Å². The predicted octanol–water partition coefficient (Wildman–Crippen LogP) is 4.47. The molecule has 0 aliphatic carbocycles. The summed E-state index contributed by atoms with van der Waals surface area (Å²) in [5, 5.41) is 43.7. The highest BCUT2D eigenvalue weighted by molar-refractivity contribution is 7.85. The summed E-state index contributed by atoms with van der Waals surface area (Å²) in [5.41, 5.74) is -1.76. The number of anilines is 2.